The molecule has 1 aromatic rings. The maximum absolute atomic E-state index is 11.9. The largest absolute Gasteiger partial charge is 0.463 e. The number of aromatic nitrogens is 1. The van der Waals surface area contributed by atoms with Crippen LogP contribution in [-0.2, 0) is 9.53 Å². The summed E-state index contributed by atoms with van der Waals surface area (Å²) >= 11 is 0. The number of rotatable bonds is 6. The van der Waals surface area contributed by atoms with Gasteiger partial charge in [-0.3, -0.25) is 9.78 Å². The van der Waals surface area contributed by atoms with Crippen molar-refractivity contribution in [2.75, 3.05) is 6.61 Å². The maximum atomic E-state index is 11.9. The summed E-state index contributed by atoms with van der Waals surface area (Å²) in [6.07, 6.45) is 4.21. The molecule has 0 aliphatic heterocycles. The number of aryl methyl sites for hydroxylation is 1. The quantitative estimate of drug-likeness (QED) is 0.449. The van der Waals surface area contributed by atoms with Crippen LogP contribution in [0.25, 0.3) is 0 Å². The van der Waals surface area contributed by atoms with Gasteiger partial charge in [-0.1, -0.05) is 6.08 Å². The number of ketones is 1. The van der Waals surface area contributed by atoms with Crippen molar-refractivity contribution in [3.05, 3.63) is 41.2 Å². The number of esters is 1. The van der Waals surface area contributed by atoms with Crippen LogP contribution in [0.1, 0.15) is 42.7 Å². The molecule has 0 saturated heterocycles. The van der Waals surface area contributed by atoms with E-state index in [-0.39, 0.29) is 11.8 Å². The number of nitrogens with zero attached hydrogens (tertiary/aromatic N) is 1. The van der Waals surface area contributed by atoms with Gasteiger partial charge in [-0.05, 0) is 44.9 Å². The summed E-state index contributed by atoms with van der Waals surface area (Å²) in [4.78, 5) is 27.3. The molecule has 0 N–H and O–H groups in total. The number of ether oxygens (including phenoxy) is 1. The first-order valence-corrected chi connectivity index (χ1v) is 6.34. The van der Waals surface area contributed by atoms with Crippen molar-refractivity contribution >= 4 is 11.8 Å². The molecule has 0 atom stereocenters. The predicted octanol–water partition coefficient (Wildman–Crippen LogP) is 2.86. The molecule has 0 saturated carbocycles. The highest BCUT2D eigenvalue weighted by Gasteiger charge is 2.08. The zero-order valence-electron chi connectivity index (χ0n) is 11.6. The number of allylic oxidation sites excluding steroid dienone is 1. The second-order valence-corrected chi connectivity index (χ2v) is 4.29. The van der Waals surface area contributed by atoms with Crippen molar-refractivity contribution in [1.82, 2.24) is 4.98 Å². The summed E-state index contributed by atoms with van der Waals surface area (Å²) in [5.74, 6) is -0.347. The average molecular weight is 261 g/mol. The van der Waals surface area contributed by atoms with Crippen LogP contribution >= 0.6 is 0 Å². The summed E-state index contributed by atoms with van der Waals surface area (Å²) in [5.41, 5.74) is 2.02. The minimum Gasteiger partial charge on any atom is -0.463 e. The third-order valence-electron chi connectivity index (χ3n) is 2.62. The monoisotopic (exact) mass is 261 g/mol. The molecule has 0 aromatic carbocycles. The van der Waals surface area contributed by atoms with Gasteiger partial charge in [0.15, 0.2) is 5.78 Å². The molecule has 1 heterocycles. The highest BCUT2D eigenvalue weighted by Crippen LogP contribution is 2.07. The Morgan fingerprint density at radius 3 is 2.79 bits per heavy atom. The van der Waals surface area contributed by atoms with Crippen LogP contribution in [0.5, 0.6) is 0 Å². The van der Waals surface area contributed by atoms with Crippen molar-refractivity contribution < 1.29 is 14.3 Å². The van der Waals surface area contributed by atoms with Crippen molar-refractivity contribution in [3.63, 3.8) is 0 Å². The van der Waals surface area contributed by atoms with E-state index in [4.69, 9.17) is 4.74 Å². The predicted molar refractivity (Wildman–Crippen MR) is 72.9 cm³/mol. The first kappa shape index (κ1) is 15.1. The van der Waals surface area contributed by atoms with Crippen LogP contribution in [0.2, 0.25) is 0 Å². The molecule has 0 bridgehead atoms. The Bertz CT molecular complexity index is 492. The zero-order valence-corrected chi connectivity index (χ0v) is 11.6. The van der Waals surface area contributed by atoms with E-state index in [2.05, 4.69) is 4.98 Å². The first-order chi connectivity index (χ1) is 9.04. The van der Waals surface area contributed by atoms with Crippen LogP contribution in [0, 0.1) is 6.92 Å². The summed E-state index contributed by atoms with van der Waals surface area (Å²) in [6, 6.07) is 3.62. The van der Waals surface area contributed by atoms with Crippen LogP contribution in [0.3, 0.4) is 0 Å². The molecular formula is C15H19NO3. The standard InChI is InChI=1S/C15H19NO3/c1-4-19-15(18)12(3)6-5-7-14(17)13-10-11(2)8-9-16-13/h6,8-10H,4-5,7H2,1-3H3/b12-6+. The van der Waals surface area contributed by atoms with Gasteiger partial charge in [0.05, 0.1) is 6.61 Å². The number of pyridine rings is 1. The lowest BCUT2D eigenvalue weighted by atomic mass is 10.1. The van der Waals surface area contributed by atoms with E-state index in [0.29, 0.717) is 30.7 Å². The topological polar surface area (TPSA) is 56.3 Å². The van der Waals surface area contributed by atoms with E-state index >= 15 is 0 Å². The lowest BCUT2D eigenvalue weighted by Crippen LogP contribution is -2.06. The Morgan fingerprint density at radius 2 is 2.16 bits per heavy atom. The number of carbonyl (C=O) groups is 2. The van der Waals surface area contributed by atoms with Gasteiger partial charge in [-0.15, -0.1) is 0 Å². The van der Waals surface area contributed by atoms with Gasteiger partial charge in [0.2, 0.25) is 0 Å². The number of hydrogen-bond acceptors (Lipinski definition) is 4. The molecule has 0 amide bonds. The fraction of sp³-hybridized carbons (Fsp3) is 0.400. The van der Waals surface area contributed by atoms with Gasteiger partial charge in [0.1, 0.15) is 5.69 Å². The van der Waals surface area contributed by atoms with Crippen molar-refractivity contribution in [2.45, 2.75) is 33.6 Å². The van der Waals surface area contributed by atoms with Gasteiger partial charge in [0, 0.05) is 18.2 Å². The molecule has 0 unspecified atom stereocenters. The molecule has 0 radical (unpaired) electrons. The number of hydrogen-bond donors (Lipinski definition) is 0. The molecule has 0 aliphatic rings. The smallest absolute Gasteiger partial charge is 0.333 e. The molecule has 1 rings (SSSR count). The average Bonchev–Trinajstić information content (AvgIpc) is 2.38. The van der Waals surface area contributed by atoms with E-state index in [9.17, 15) is 9.59 Å². The third-order valence-corrected chi connectivity index (χ3v) is 2.62. The normalized spacial score (nSPS) is 11.2. The summed E-state index contributed by atoms with van der Waals surface area (Å²) in [5, 5.41) is 0. The molecule has 4 heteroatoms. The van der Waals surface area contributed by atoms with Crippen molar-refractivity contribution in [2.24, 2.45) is 0 Å². The minimum absolute atomic E-state index is 0.0170. The fourth-order valence-electron chi connectivity index (χ4n) is 1.56. The molecule has 1 aromatic heterocycles. The second-order valence-electron chi connectivity index (χ2n) is 4.29. The van der Waals surface area contributed by atoms with E-state index in [0.717, 1.165) is 5.56 Å². The van der Waals surface area contributed by atoms with E-state index < -0.39 is 0 Å². The summed E-state index contributed by atoms with van der Waals surface area (Å²) in [6.45, 7) is 5.73. The molecule has 102 valence electrons. The Labute approximate surface area is 113 Å². The third kappa shape index (κ3) is 5.04. The molecular weight excluding hydrogens is 242 g/mol. The SMILES string of the molecule is CCOC(=O)/C(C)=C/CCC(=O)c1cc(C)ccn1. The lowest BCUT2D eigenvalue weighted by molar-refractivity contribution is -0.138. The van der Waals surface area contributed by atoms with Crippen molar-refractivity contribution in [3.8, 4) is 0 Å². The zero-order chi connectivity index (χ0) is 14.3. The Kier molecular flexibility index (Phi) is 5.93. The number of carbonyl (C=O) groups excluding carboxylic acids is 2. The van der Waals surface area contributed by atoms with Gasteiger partial charge in [-0.25, -0.2) is 4.79 Å². The minimum atomic E-state index is -0.330. The van der Waals surface area contributed by atoms with Crippen LogP contribution in [0.4, 0.5) is 0 Å². The van der Waals surface area contributed by atoms with Gasteiger partial charge in [0.25, 0.3) is 0 Å². The van der Waals surface area contributed by atoms with Gasteiger partial charge >= 0.3 is 5.97 Å². The Hall–Kier alpha value is -1.97. The number of Topliss-reactive ketones (excluding diaryl/α,β-unsaturated/α-hetero) is 1. The van der Waals surface area contributed by atoms with Crippen LogP contribution in [0.15, 0.2) is 30.0 Å². The second kappa shape index (κ2) is 7.46. The van der Waals surface area contributed by atoms with Gasteiger partial charge < -0.3 is 4.74 Å². The lowest BCUT2D eigenvalue weighted by Gasteiger charge is -2.02. The Morgan fingerprint density at radius 1 is 1.42 bits per heavy atom. The van der Waals surface area contributed by atoms with Crippen LogP contribution in [-0.4, -0.2) is 23.3 Å². The molecule has 0 fully saturated rings. The maximum Gasteiger partial charge on any atom is 0.333 e. The highest BCUT2D eigenvalue weighted by molar-refractivity contribution is 5.94. The Balaban J connectivity index is 2.51. The van der Waals surface area contributed by atoms with Gasteiger partial charge in [-0.2, -0.15) is 0 Å². The highest BCUT2D eigenvalue weighted by atomic mass is 16.5. The summed E-state index contributed by atoms with van der Waals surface area (Å²) < 4.78 is 4.86. The first-order valence-electron chi connectivity index (χ1n) is 6.34. The summed E-state index contributed by atoms with van der Waals surface area (Å²) in [7, 11) is 0. The molecule has 19 heavy (non-hydrogen) atoms. The van der Waals surface area contributed by atoms with Crippen molar-refractivity contribution in [1.29, 1.82) is 0 Å². The van der Waals surface area contributed by atoms with E-state index in [1.54, 1.807) is 32.2 Å². The van der Waals surface area contributed by atoms with E-state index in [1.807, 2.05) is 13.0 Å². The van der Waals surface area contributed by atoms with E-state index in [1.165, 1.54) is 0 Å². The van der Waals surface area contributed by atoms with Crippen LogP contribution < -0.4 is 0 Å². The fourth-order valence-corrected chi connectivity index (χ4v) is 1.56. The molecule has 4 nitrogen and oxygen atoms in total. The molecule has 0 aliphatic carbocycles. The molecule has 0 spiro atoms.